The van der Waals surface area contributed by atoms with Crippen LogP contribution in [0.25, 0.3) is 11.2 Å². The molecular formula is C15H13ClN6. The predicted molar refractivity (Wildman–Crippen MR) is 88.5 cm³/mol. The molecule has 0 saturated carbocycles. The van der Waals surface area contributed by atoms with Gasteiger partial charge in [0.15, 0.2) is 17.0 Å². The first kappa shape index (κ1) is 14.2. The van der Waals surface area contributed by atoms with Gasteiger partial charge in [-0.15, -0.1) is 6.58 Å². The average Bonchev–Trinajstić information content (AvgIpc) is 2.55. The number of fused-ring (bicyclic) bond motifs is 1. The van der Waals surface area contributed by atoms with Crippen LogP contribution in [0.4, 0.5) is 17.5 Å². The maximum Gasteiger partial charge on any atom is 0.227 e. The van der Waals surface area contributed by atoms with Crippen LogP contribution in [0.1, 0.15) is 0 Å². The standard InChI is InChI=1S/C15H13ClN6/c1-2-7-19-15-21-13-12(17-8-9-18-13)14(22-15)20-11-5-3-10(16)4-6-11/h2-6,8-9H,1,7H2,(H2,18,19,20,21,22). The maximum atomic E-state index is 5.90. The number of hydrogen-bond donors (Lipinski definition) is 2. The second kappa shape index (κ2) is 6.36. The predicted octanol–water partition coefficient (Wildman–Crippen LogP) is 3.41. The van der Waals surface area contributed by atoms with E-state index in [9.17, 15) is 0 Å². The van der Waals surface area contributed by atoms with Crippen molar-refractivity contribution < 1.29 is 0 Å². The lowest BCUT2D eigenvalue weighted by molar-refractivity contribution is 1.12. The summed E-state index contributed by atoms with van der Waals surface area (Å²) in [6, 6.07) is 7.33. The Morgan fingerprint density at radius 1 is 1.09 bits per heavy atom. The minimum absolute atomic E-state index is 0.462. The zero-order chi connectivity index (χ0) is 15.4. The molecule has 0 amide bonds. The van der Waals surface area contributed by atoms with Gasteiger partial charge in [-0.05, 0) is 24.3 Å². The Balaban J connectivity index is 2.01. The van der Waals surface area contributed by atoms with Gasteiger partial charge in [-0.1, -0.05) is 17.7 Å². The maximum absolute atomic E-state index is 5.90. The van der Waals surface area contributed by atoms with Crippen LogP contribution in [-0.4, -0.2) is 26.5 Å². The Labute approximate surface area is 132 Å². The van der Waals surface area contributed by atoms with E-state index in [1.165, 1.54) is 0 Å². The van der Waals surface area contributed by atoms with Crippen molar-refractivity contribution in [3.05, 3.63) is 54.3 Å². The molecule has 2 N–H and O–H groups in total. The Kier molecular flexibility index (Phi) is 4.11. The van der Waals surface area contributed by atoms with Crippen LogP contribution >= 0.6 is 11.6 Å². The summed E-state index contributed by atoms with van der Waals surface area (Å²) in [5, 5.41) is 6.94. The topological polar surface area (TPSA) is 75.6 Å². The largest absolute Gasteiger partial charge is 0.351 e. The van der Waals surface area contributed by atoms with Crippen molar-refractivity contribution >= 4 is 40.2 Å². The van der Waals surface area contributed by atoms with Gasteiger partial charge in [0.05, 0.1) is 0 Å². The molecule has 110 valence electrons. The van der Waals surface area contributed by atoms with Gasteiger partial charge in [0.1, 0.15) is 0 Å². The average molecular weight is 313 g/mol. The van der Waals surface area contributed by atoms with Crippen LogP contribution < -0.4 is 10.6 Å². The molecular weight excluding hydrogens is 300 g/mol. The fourth-order valence-electron chi connectivity index (χ4n) is 1.86. The number of aromatic nitrogens is 4. The molecule has 1 aromatic carbocycles. The third-order valence-corrected chi connectivity index (χ3v) is 3.10. The molecule has 0 aliphatic heterocycles. The van der Waals surface area contributed by atoms with Crippen LogP contribution in [0.3, 0.4) is 0 Å². The second-order valence-corrected chi connectivity index (χ2v) is 4.86. The van der Waals surface area contributed by atoms with Gasteiger partial charge in [-0.3, -0.25) is 0 Å². The Hall–Kier alpha value is -2.73. The van der Waals surface area contributed by atoms with Crippen LogP contribution in [0, 0.1) is 0 Å². The first-order chi connectivity index (χ1) is 10.8. The minimum atomic E-state index is 0.462. The van der Waals surface area contributed by atoms with Gasteiger partial charge in [0, 0.05) is 29.6 Å². The first-order valence-corrected chi connectivity index (χ1v) is 7.00. The summed E-state index contributed by atoms with van der Waals surface area (Å²) in [7, 11) is 0. The van der Waals surface area contributed by atoms with E-state index in [0.29, 0.717) is 34.5 Å². The normalized spacial score (nSPS) is 10.4. The van der Waals surface area contributed by atoms with Gasteiger partial charge in [-0.25, -0.2) is 9.97 Å². The van der Waals surface area contributed by atoms with Crippen molar-refractivity contribution in [2.24, 2.45) is 0 Å². The third kappa shape index (κ3) is 3.12. The highest BCUT2D eigenvalue weighted by molar-refractivity contribution is 6.30. The lowest BCUT2D eigenvalue weighted by Gasteiger charge is -2.10. The summed E-state index contributed by atoms with van der Waals surface area (Å²) in [4.78, 5) is 17.3. The highest BCUT2D eigenvalue weighted by atomic mass is 35.5. The highest BCUT2D eigenvalue weighted by Gasteiger charge is 2.09. The molecule has 0 atom stereocenters. The zero-order valence-corrected chi connectivity index (χ0v) is 12.4. The van der Waals surface area contributed by atoms with Crippen LogP contribution in [0.5, 0.6) is 0 Å². The summed E-state index contributed by atoms with van der Waals surface area (Å²) < 4.78 is 0. The zero-order valence-electron chi connectivity index (χ0n) is 11.6. The molecule has 0 aliphatic rings. The summed E-state index contributed by atoms with van der Waals surface area (Å²) >= 11 is 5.90. The van der Waals surface area contributed by atoms with Gasteiger partial charge < -0.3 is 10.6 Å². The molecule has 0 aliphatic carbocycles. The number of rotatable bonds is 5. The molecule has 6 nitrogen and oxygen atoms in total. The molecule has 2 heterocycles. The summed E-state index contributed by atoms with van der Waals surface area (Å²) in [6.07, 6.45) is 4.94. The molecule has 3 aromatic rings. The second-order valence-electron chi connectivity index (χ2n) is 4.43. The van der Waals surface area contributed by atoms with E-state index in [0.717, 1.165) is 5.69 Å². The van der Waals surface area contributed by atoms with Crippen molar-refractivity contribution in [3.63, 3.8) is 0 Å². The van der Waals surface area contributed by atoms with E-state index >= 15 is 0 Å². The number of nitrogens with zero attached hydrogens (tertiary/aromatic N) is 4. The first-order valence-electron chi connectivity index (χ1n) is 6.62. The highest BCUT2D eigenvalue weighted by Crippen LogP contribution is 2.23. The van der Waals surface area contributed by atoms with Crippen LogP contribution in [-0.2, 0) is 0 Å². The molecule has 0 bridgehead atoms. The number of nitrogens with one attached hydrogen (secondary N) is 2. The molecule has 7 heteroatoms. The Morgan fingerprint density at radius 3 is 2.64 bits per heavy atom. The minimum Gasteiger partial charge on any atom is -0.351 e. The van der Waals surface area contributed by atoms with E-state index in [-0.39, 0.29) is 0 Å². The monoisotopic (exact) mass is 312 g/mol. The Morgan fingerprint density at radius 2 is 1.86 bits per heavy atom. The molecule has 0 unspecified atom stereocenters. The molecule has 0 saturated heterocycles. The molecule has 0 fully saturated rings. The third-order valence-electron chi connectivity index (χ3n) is 2.84. The molecule has 0 spiro atoms. The summed E-state index contributed by atoms with van der Waals surface area (Å²) in [5.41, 5.74) is 1.96. The molecule has 3 rings (SSSR count). The fourth-order valence-corrected chi connectivity index (χ4v) is 1.99. The van der Waals surface area contributed by atoms with Gasteiger partial charge in [0.25, 0.3) is 0 Å². The van der Waals surface area contributed by atoms with E-state index in [2.05, 4.69) is 37.1 Å². The molecule has 22 heavy (non-hydrogen) atoms. The number of halogens is 1. The molecule has 0 radical (unpaired) electrons. The van der Waals surface area contributed by atoms with Crippen molar-refractivity contribution in [2.75, 3.05) is 17.2 Å². The van der Waals surface area contributed by atoms with Gasteiger partial charge in [0.2, 0.25) is 5.95 Å². The summed E-state index contributed by atoms with van der Waals surface area (Å²) in [5.74, 6) is 1.04. The van der Waals surface area contributed by atoms with Gasteiger partial charge in [-0.2, -0.15) is 9.97 Å². The van der Waals surface area contributed by atoms with Crippen LogP contribution in [0.15, 0.2) is 49.3 Å². The molecule has 2 aromatic heterocycles. The van der Waals surface area contributed by atoms with Crippen molar-refractivity contribution in [1.29, 1.82) is 0 Å². The van der Waals surface area contributed by atoms with Crippen molar-refractivity contribution in [3.8, 4) is 0 Å². The lowest BCUT2D eigenvalue weighted by Crippen LogP contribution is -2.07. The van der Waals surface area contributed by atoms with Gasteiger partial charge >= 0.3 is 0 Å². The van der Waals surface area contributed by atoms with Crippen molar-refractivity contribution in [2.45, 2.75) is 0 Å². The SMILES string of the molecule is C=CCNc1nc(Nc2ccc(Cl)cc2)c2nccnc2n1. The van der Waals surface area contributed by atoms with E-state index in [4.69, 9.17) is 11.6 Å². The van der Waals surface area contributed by atoms with E-state index in [1.807, 2.05) is 12.1 Å². The van der Waals surface area contributed by atoms with E-state index in [1.54, 1.807) is 30.6 Å². The summed E-state index contributed by atoms with van der Waals surface area (Å²) in [6.45, 7) is 4.22. The fraction of sp³-hybridized carbons (Fsp3) is 0.0667. The lowest BCUT2D eigenvalue weighted by atomic mass is 10.3. The Bertz CT molecular complexity index is 803. The number of benzene rings is 1. The number of anilines is 3. The van der Waals surface area contributed by atoms with Crippen molar-refractivity contribution in [1.82, 2.24) is 19.9 Å². The van der Waals surface area contributed by atoms with Crippen LogP contribution in [0.2, 0.25) is 5.02 Å². The number of hydrogen-bond acceptors (Lipinski definition) is 6. The quantitative estimate of drug-likeness (QED) is 0.703. The smallest absolute Gasteiger partial charge is 0.227 e. The van der Waals surface area contributed by atoms with E-state index < -0.39 is 0 Å².